The van der Waals surface area contributed by atoms with E-state index in [1.165, 1.54) is 0 Å². The predicted octanol–water partition coefficient (Wildman–Crippen LogP) is 5.00. The van der Waals surface area contributed by atoms with Crippen LogP contribution in [0.2, 0.25) is 10.0 Å². The Bertz CT molecular complexity index is 815. The Balaban J connectivity index is 2.02. The van der Waals surface area contributed by atoms with Crippen LogP contribution < -0.4 is 5.73 Å². The van der Waals surface area contributed by atoms with E-state index >= 15 is 0 Å². The average Bonchev–Trinajstić information content (AvgIpc) is 2.90. The van der Waals surface area contributed by atoms with Crippen molar-refractivity contribution in [1.82, 2.24) is 8.75 Å². The maximum absolute atomic E-state index is 6.03. The van der Waals surface area contributed by atoms with E-state index in [9.17, 15) is 0 Å². The molecule has 0 aliphatic rings. The first-order valence-corrected chi connectivity index (χ1v) is 7.01. The van der Waals surface area contributed by atoms with Gasteiger partial charge in [0.2, 0.25) is 0 Å². The summed E-state index contributed by atoms with van der Waals surface area (Å²) in [5, 5.41) is 9.24. The topological polar surface area (TPSA) is 76.5 Å². The number of benzene rings is 2. The monoisotopic (exact) mass is 323 g/mol. The Morgan fingerprint density at radius 2 is 1.65 bits per heavy atom. The number of halogens is 2. The molecule has 0 saturated carbocycles. The molecule has 3 rings (SSSR count). The molecule has 100 valence electrons. The molecule has 0 radical (unpaired) electrons. The van der Waals surface area contributed by atoms with Crippen molar-refractivity contribution in [2.24, 2.45) is 10.2 Å². The van der Waals surface area contributed by atoms with Gasteiger partial charge < -0.3 is 5.73 Å². The Kier molecular flexibility index (Phi) is 3.52. The first-order chi connectivity index (χ1) is 9.65. The zero-order valence-corrected chi connectivity index (χ0v) is 12.2. The van der Waals surface area contributed by atoms with Crippen molar-refractivity contribution in [1.29, 1.82) is 0 Å². The number of nitrogen functional groups attached to an aromatic ring is 1. The van der Waals surface area contributed by atoms with Crippen molar-refractivity contribution in [3.05, 3.63) is 40.4 Å². The summed E-state index contributed by atoms with van der Waals surface area (Å²) in [5.74, 6) is 0. The molecule has 0 aliphatic heterocycles. The van der Waals surface area contributed by atoms with Crippen molar-refractivity contribution in [3.8, 4) is 0 Å². The van der Waals surface area contributed by atoms with Crippen LogP contribution in [-0.2, 0) is 0 Å². The number of rotatable bonds is 2. The van der Waals surface area contributed by atoms with Crippen LogP contribution in [0.3, 0.4) is 0 Å². The van der Waals surface area contributed by atoms with Gasteiger partial charge in [-0.15, -0.1) is 10.2 Å². The first-order valence-electron chi connectivity index (χ1n) is 5.52. The van der Waals surface area contributed by atoms with Gasteiger partial charge in [0, 0.05) is 5.02 Å². The van der Waals surface area contributed by atoms with Gasteiger partial charge in [0.05, 0.1) is 22.4 Å². The maximum atomic E-state index is 6.03. The zero-order chi connectivity index (χ0) is 14.1. The van der Waals surface area contributed by atoms with E-state index in [0.29, 0.717) is 38.1 Å². The van der Waals surface area contributed by atoms with Gasteiger partial charge in [0.15, 0.2) is 0 Å². The summed E-state index contributed by atoms with van der Waals surface area (Å²) in [5.41, 5.74) is 8.77. The molecule has 0 atom stereocenters. The molecule has 20 heavy (non-hydrogen) atoms. The molecule has 0 spiro atoms. The minimum Gasteiger partial charge on any atom is -0.397 e. The highest BCUT2D eigenvalue weighted by Gasteiger charge is 2.08. The lowest BCUT2D eigenvalue weighted by atomic mass is 10.2. The van der Waals surface area contributed by atoms with Gasteiger partial charge in [0.25, 0.3) is 0 Å². The molecule has 0 saturated heterocycles. The average molecular weight is 324 g/mol. The Morgan fingerprint density at radius 1 is 0.950 bits per heavy atom. The molecule has 1 aromatic heterocycles. The minimum absolute atomic E-state index is 0.435. The van der Waals surface area contributed by atoms with Crippen LogP contribution in [-0.4, -0.2) is 8.75 Å². The lowest BCUT2D eigenvalue weighted by Crippen LogP contribution is -1.85. The highest BCUT2D eigenvalue weighted by molar-refractivity contribution is 7.00. The zero-order valence-electron chi connectivity index (χ0n) is 9.92. The van der Waals surface area contributed by atoms with E-state index in [0.717, 1.165) is 11.7 Å². The van der Waals surface area contributed by atoms with Gasteiger partial charge in [-0.05, 0) is 30.3 Å². The van der Waals surface area contributed by atoms with Gasteiger partial charge in [0.1, 0.15) is 22.4 Å². The normalized spacial score (nSPS) is 11.5. The molecular formula is C12H7Cl2N5S. The molecular weight excluding hydrogens is 317 g/mol. The molecule has 1 heterocycles. The number of hydrogen-bond donors (Lipinski definition) is 1. The van der Waals surface area contributed by atoms with Crippen molar-refractivity contribution in [2.75, 3.05) is 5.73 Å². The third kappa shape index (κ3) is 2.45. The fraction of sp³-hybridized carbons (Fsp3) is 0. The van der Waals surface area contributed by atoms with Crippen molar-refractivity contribution in [3.63, 3.8) is 0 Å². The van der Waals surface area contributed by atoms with E-state index in [2.05, 4.69) is 19.0 Å². The smallest absolute Gasteiger partial charge is 0.134 e. The lowest BCUT2D eigenvalue weighted by molar-refractivity contribution is 1.24. The van der Waals surface area contributed by atoms with E-state index in [1.54, 1.807) is 30.3 Å². The summed E-state index contributed by atoms with van der Waals surface area (Å²) in [7, 11) is 0. The Labute approximate surface area is 128 Å². The minimum atomic E-state index is 0.435. The molecule has 0 amide bonds. The van der Waals surface area contributed by atoms with Gasteiger partial charge in [-0.25, -0.2) is 0 Å². The molecule has 3 aromatic rings. The summed E-state index contributed by atoms with van der Waals surface area (Å²) in [4.78, 5) is 0. The largest absolute Gasteiger partial charge is 0.397 e. The van der Waals surface area contributed by atoms with Crippen LogP contribution in [0, 0.1) is 0 Å². The highest BCUT2D eigenvalue weighted by atomic mass is 35.5. The maximum Gasteiger partial charge on any atom is 0.134 e. The van der Waals surface area contributed by atoms with E-state index in [4.69, 9.17) is 28.9 Å². The third-order valence-corrected chi connectivity index (χ3v) is 3.67. The summed E-state index contributed by atoms with van der Waals surface area (Å²) in [6, 6.07) is 8.47. The van der Waals surface area contributed by atoms with Gasteiger partial charge in [-0.3, -0.25) is 0 Å². The second-order valence-electron chi connectivity index (χ2n) is 3.93. The van der Waals surface area contributed by atoms with Crippen LogP contribution in [0.25, 0.3) is 11.0 Å². The van der Waals surface area contributed by atoms with Gasteiger partial charge >= 0.3 is 0 Å². The van der Waals surface area contributed by atoms with Crippen molar-refractivity contribution < 1.29 is 0 Å². The highest BCUT2D eigenvalue weighted by Crippen LogP contribution is 2.32. The number of fused-ring (bicyclic) bond motifs is 1. The number of hydrogen-bond acceptors (Lipinski definition) is 6. The number of azo groups is 1. The molecule has 8 heteroatoms. The predicted molar refractivity (Wildman–Crippen MR) is 82.5 cm³/mol. The standard InChI is InChI=1S/C12H7Cl2N5S/c13-6-1-3-9(7(14)5-6)16-17-10-4-2-8(15)11-12(10)19-20-18-11/h1-5H,15H2. The molecule has 0 fully saturated rings. The van der Waals surface area contributed by atoms with Gasteiger partial charge in [-0.2, -0.15) is 8.75 Å². The second kappa shape index (κ2) is 5.32. The van der Waals surface area contributed by atoms with Gasteiger partial charge in [-0.1, -0.05) is 23.2 Å². The van der Waals surface area contributed by atoms with E-state index in [-0.39, 0.29) is 0 Å². The summed E-state index contributed by atoms with van der Waals surface area (Å²) in [6.45, 7) is 0. The molecule has 5 nitrogen and oxygen atoms in total. The van der Waals surface area contributed by atoms with Crippen molar-refractivity contribution in [2.45, 2.75) is 0 Å². The van der Waals surface area contributed by atoms with E-state index < -0.39 is 0 Å². The van der Waals surface area contributed by atoms with Crippen molar-refractivity contribution >= 4 is 63.0 Å². The molecule has 0 aliphatic carbocycles. The number of nitrogens with two attached hydrogens (primary N) is 1. The third-order valence-electron chi connectivity index (χ3n) is 2.60. The molecule has 2 N–H and O–H groups in total. The number of aromatic nitrogens is 2. The quantitative estimate of drug-likeness (QED) is 0.532. The van der Waals surface area contributed by atoms with Crippen LogP contribution in [0.1, 0.15) is 0 Å². The first kappa shape index (κ1) is 13.2. The number of nitrogens with zero attached hydrogens (tertiary/aromatic N) is 4. The van der Waals surface area contributed by atoms with Crippen LogP contribution in [0.5, 0.6) is 0 Å². The molecule has 0 unspecified atom stereocenters. The lowest BCUT2D eigenvalue weighted by Gasteiger charge is -1.99. The Hall–Kier alpha value is -1.76. The SMILES string of the molecule is Nc1ccc(N=Nc2ccc(Cl)cc2Cl)c2nsnc12. The summed E-state index contributed by atoms with van der Waals surface area (Å²) < 4.78 is 8.29. The summed E-state index contributed by atoms with van der Waals surface area (Å²) in [6.07, 6.45) is 0. The molecule has 0 bridgehead atoms. The second-order valence-corrected chi connectivity index (χ2v) is 5.30. The number of anilines is 1. The fourth-order valence-corrected chi connectivity index (χ4v) is 2.65. The summed E-state index contributed by atoms with van der Waals surface area (Å²) >= 11 is 12.9. The van der Waals surface area contributed by atoms with Crippen LogP contribution in [0.15, 0.2) is 40.6 Å². The van der Waals surface area contributed by atoms with Crippen LogP contribution in [0.4, 0.5) is 17.1 Å². The van der Waals surface area contributed by atoms with Crippen LogP contribution >= 0.6 is 34.9 Å². The Morgan fingerprint density at radius 3 is 2.45 bits per heavy atom. The fourth-order valence-electron chi connectivity index (χ4n) is 1.62. The van der Waals surface area contributed by atoms with E-state index in [1.807, 2.05) is 0 Å². The molecule has 2 aromatic carbocycles.